The maximum Gasteiger partial charge on any atom is 0.193 e. The number of nitrogens with one attached hydrogen (secondary N) is 1. The van der Waals surface area contributed by atoms with Crippen LogP contribution in [0.4, 0.5) is 0 Å². The first-order valence-corrected chi connectivity index (χ1v) is 14.9. The molecule has 0 saturated heterocycles. The van der Waals surface area contributed by atoms with Gasteiger partial charge in [0.1, 0.15) is 0 Å². The molecule has 0 saturated carbocycles. The first kappa shape index (κ1) is 20.6. The van der Waals surface area contributed by atoms with Gasteiger partial charge in [-0.25, -0.2) is 0 Å². The van der Waals surface area contributed by atoms with Crippen LogP contribution in [0.15, 0.2) is 30.5 Å². The van der Waals surface area contributed by atoms with Gasteiger partial charge in [0.15, 0.2) is 8.32 Å². The van der Waals surface area contributed by atoms with Crippen LogP contribution in [-0.4, -0.2) is 39.4 Å². The van der Waals surface area contributed by atoms with Gasteiger partial charge in [0, 0.05) is 0 Å². The summed E-state index contributed by atoms with van der Waals surface area (Å²) in [6, 6.07) is 6.69. The molecule has 130 valence electrons. The summed E-state index contributed by atoms with van der Waals surface area (Å²) in [7, 11) is -2.44. The highest BCUT2D eigenvalue weighted by Crippen LogP contribution is 2.36. The fourth-order valence-electron chi connectivity index (χ4n) is 2.31. The highest BCUT2D eigenvalue weighted by molar-refractivity contribution is 6.74. The van der Waals surface area contributed by atoms with E-state index in [0.717, 1.165) is 6.17 Å². The summed E-state index contributed by atoms with van der Waals surface area (Å²) in [5.41, 5.74) is 4.98. The van der Waals surface area contributed by atoms with Gasteiger partial charge < -0.3 is 4.43 Å². The summed E-state index contributed by atoms with van der Waals surface area (Å²) >= 11 is 0. The quantitative estimate of drug-likeness (QED) is 0.563. The average molecular weight is 366 g/mol. The minimum Gasteiger partial charge on any atom is -0.405 e. The van der Waals surface area contributed by atoms with E-state index in [1.54, 1.807) is 5.19 Å². The Kier molecular flexibility index (Phi) is 7.67. The van der Waals surface area contributed by atoms with E-state index in [9.17, 15) is 0 Å². The van der Waals surface area contributed by atoms with Crippen LogP contribution in [-0.2, 0) is 4.43 Å². The zero-order valence-electron chi connectivity index (χ0n) is 16.1. The molecule has 0 radical (unpaired) electrons. The van der Waals surface area contributed by atoms with Crippen molar-refractivity contribution >= 4 is 32.5 Å². The third-order valence-electron chi connectivity index (χ3n) is 5.11. The topological polar surface area (TPSA) is 21.3 Å². The van der Waals surface area contributed by atoms with Gasteiger partial charge in [0.25, 0.3) is 0 Å². The van der Waals surface area contributed by atoms with Crippen molar-refractivity contribution < 1.29 is 4.43 Å². The van der Waals surface area contributed by atoms with Crippen molar-refractivity contribution in [1.29, 1.82) is 0 Å². The van der Waals surface area contributed by atoms with Gasteiger partial charge in [-0.15, -0.1) is 12.3 Å². The van der Waals surface area contributed by atoms with Crippen molar-refractivity contribution in [3.8, 4) is 0 Å². The SMILES string of the molecule is C=C[SiH2]C(NC[SiH2]c1cccc(C)c1C)O[Si](C)(C)C(C)(C)C. The van der Waals surface area contributed by atoms with Gasteiger partial charge in [-0.05, 0) is 49.3 Å². The molecule has 2 nitrogen and oxygen atoms in total. The lowest BCUT2D eigenvalue weighted by molar-refractivity contribution is 0.224. The largest absolute Gasteiger partial charge is 0.405 e. The van der Waals surface area contributed by atoms with Crippen molar-refractivity contribution in [3.63, 3.8) is 0 Å². The molecular formula is C18H35NOSi3. The molecule has 5 heteroatoms. The minimum atomic E-state index is -1.71. The molecule has 0 fully saturated rings. The normalized spacial score (nSPS) is 14.9. The van der Waals surface area contributed by atoms with E-state index in [1.165, 1.54) is 11.1 Å². The van der Waals surface area contributed by atoms with E-state index in [0.29, 0.717) is 0 Å². The second-order valence-corrected chi connectivity index (χ2v) is 16.3. The molecule has 0 amide bonds. The lowest BCUT2D eigenvalue weighted by Crippen LogP contribution is -2.51. The zero-order valence-corrected chi connectivity index (χ0v) is 20.0. The smallest absolute Gasteiger partial charge is 0.193 e. The van der Waals surface area contributed by atoms with Crippen LogP contribution in [0.5, 0.6) is 0 Å². The Morgan fingerprint density at radius 2 is 1.96 bits per heavy atom. The molecule has 0 aliphatic rings. The Balaban J connectivity index is 2.63. The highest BCUT2D eigenvalue weighted by Gasteiger charge is 2.38. The lowest BCUT2D eigenvalue weighted by atomic mass is 10.1. The monoisotopic (exact) mass is 365 g/mol. The van der Waals surface area contributed by atoms with Crippen LogP contribution >= 0.6 is 0 Å². The van der Waals surface area contributed by atoms with Gasteiger partial charge in [-0.1, -0.05) is 44.2 Å². The van der Waals surface area contributed by atoms with Crippen LogP contribution in [0.2, 0.25) is 18.1 Å². The highest BCUT2D eigenvalue weighted by atomic mass is 28.4. The molecule has 0 aliphatic heterocycles. The van der Waals surface area contributed by atoms with E-state index in [1.807, 2.05) is 0 Å². The van der Waals surface area contributed by atoms with Crippen LogP contribution in [0, 0.1) is 13.8 Å². The molecule has 1 aromatic carbocycles. The maximum absolute atomic E-state index is 6.58. The summed E-state index contributed by atoms with van der Waals surface area (Å²) in [5, 5.41) is 5.54. The van der Waals surface area contributed by atoms with Crippen molar-refractivity contribution in [3.05, 3.63) is 41.6 Å². The van der Waals surface area contributed by atoms with Crippen LogP contribution in [0.1, 0.15) is 31.9 Å². The summed E-state index contributed by atoms with van der Waals surface area (Å²) in [5.74, 6) is 0.242. The molecule has 1 unspecified atom stereocenters. The molecule has 1 N–H and O–H groups in total. The van der Waals surface area contributed by atoms with Crippen molar-refractivity contribution in [2.75, 3.05) is 6.17 Å². The van der Waals surface area contributed by atoms with Gasteiger partial charge in [-0.3, -0.25) is 5.32 Å². The summed E-state index contributed by atoms with van der Waals surface area (Å²) in [6.07, 6.45) is 1.10. The van der Waals surface area contributed by atoms with Crippen LogP contribution < -0.4 is 10.5 Å². The van der Waals surface area contributed by atoms with Gasteiger partial charge in [0.2, 0.25) is 0 Å². The predicted octanol–water partition coefficient (Wildman–Crippen LogP) is 2.26. The van der Waals surface area contributed by atoms with E-state index >= 15 is 0 Å². The van der Waals surface area contributed by atoms with E-state index in [-0.39, 0.29) is 20.4 Å². The molecule has 1 atom stereocenters. The molecule has 0 heterocycles. The van der Waals surface area contributed by atoms with Gasteiger partial charge >= 0.3 is 0 Å². The van der Waals surface area contributed by atoms with Gasteiger partial charge in [-0.2, -0.15) is 0 Å². The first-order valence-electron chi connectivity index (χ1n) is 8.65. The lowest BCUT2D eigenvalue weighted by Gasteiger charge is -2.39. The van der Waals surface area contributed by atoms with Gasteiger partial charge in [0.05, 0.1) is 24.9 Å². The number of rotatable bonds is 8. The molecule has 0 bridgehead atoms. The standard InChI is InChI=1S/C18H35NOSi3/c1-9-21-17(20-23(7,8)18(4,5)6)19-13-22-16-12-10-11-14(2)15(16)3/h9-12,17,19H,1,13,21-22H2,2-8H3. The Morgan fingerprint density at radius 3 is 2.52 bits per heavy atom. The van der Waals surface area contributed by atoms with E-state index in [4.69, 9.17) is 4.43 Å². The predicted molar refractivity (Wildman–Crippen MR) is 113 cm³/mol. The summed E-state index contributed by atoms with van der Waals surface area (Å²) in [4.78, 5) is 0. The minimum absolute atomic E-state index is 0.242. The molecule has 0 aliphatic carbocycles. The fourth-order valence-corrected chi connectivity index (χ4v) is 7.86. The molecule has 1 aromatic rings. The third kappa shape index (κ3) is 6.15. The average Bonchev–Trinajstić information content (AvgIpc) is 2.42. The number of hydrogen-bond donors (Lipinski definition) is 1. The Morgan fingerprint density at radius 1 is 1.30 bits per heavy atom. The van der Waals surface area contributed by atoms with Crippen molar-refractivity contribution in [1.82, 2.24) is 5.32 Å². The fraction of sp³-hybridized carbons (Fsp3) is 0.556. The number of benzene rings is 1. The molecule has 23 heavy (non-hydrogen) atoms. The third-order valence-corrected chi connectivity index (χ3v) is 13.0. The Hall–Kier alpha value is -0.469. The zero-order chi connectivity index (χ0) is 17.7. The first-order chi connectivity index (χ1) is 10.6. The number of aryl methyl sites for hydroxylation is 1. The number of hydrogen-bond acceptors (Lipinski definition) is 2. The Labute approximate surface area is 148 Å². The van der Waals surface area contributed by atoms with Crippen molar-refractivity contribution in [2.45, 2.75) is 58.6 Å². The van der Waals surface area contributed by atoms with E-state index < -0.39 is 17.8 Å². The van der Waals surface area contributed by atoms with Crippen LogP contribution in [0.25, 0.3) is 0 Å². The second kappa shape index (κ2) is 8.58. The van der Waals surface area contributed by atoms with E-state index in [2.05, 4.69) is 83.5 Å². The molecule has 1 rings (SSSR count). The molecule has 0 aromatic heterocycles. The maximum atomic E-state index is 6.58. The molecule has 0 spiro atoms. The Bertz CT molecular complexity index is 523. The second-order valence-electron chi connectivity index (χ2n) is 7.95. The summed E-state index contributed by atoms with van der Waals surface area (Å²) < 4.78 is 6.58. The molecular weight excluding hydrogens is 330 g/mol. The van der Waals surface area contributed by atoms with Crippen molar-refractivity contribution in [2.24, 2.45) is 0 Å². The summed E-state index contributed by atoms with van der Waals surface area (Å²) in [6.45, 7) is 20.0. The van der Waals surface area contributed by atoms with Crippen LogP contribution in [0.3, 0.4) is 0 Å².